The zero-order valence-corrected chi connectivity index (χ0v) is 11.1. The number of rotatable bonds is 5. The molecule has 2 N–H and O–H groups in total. The lowest BCUT2D eigenvalue weighted by Crippen LogP contribution is -2.10. The van der Waals surface area contributed by atoms with Crippen molar-refractivity contribution in [2.24, 2.45) is 0 Å². The monoisotopic (exact) mass is 245 g/mol. The van der Waals surface area contributed by atoms with Crippen LogP contribution in [0.3, 0.4) is 0 Å². The number of imidazole rings is 1. The van der Waals surface area contributed by atoms with Gasteiger partial charge in [-0.3, -0.25) is 0 Å². The van der Waals surface area contributed by atoms with Crippen molar-refractivity contribution in [2.75, 3.05) is 11.9 Å². The van der Waals surface area contributed by atoms with Gasteiger partial charge < -0.3 is 10.3 Å². The van der Waals surface area contributed by atoms with E-state index in [1.165, 1.54) is 0 Å². The summed E-state index contributed by atoms with van der Waals surface area (Å²) in [7, 11) is 0. The smallest absolute Gasteiger partial charge is 0.133 e. The van der Waals surface area contributed by atoms with E-state index in [4.69, 9.17) is 0 Å². The minimum absolute atomic E-state index is 0.343. The lowest BCUT2D eigenvalue weighted by molar-refractivity contribution is 0.766. The second-order valence-electron chi connectivity index (χ2n) is 4.62. The van der Waals surface area contributed by atoms with Crippen molar-refractivity contribution in [1.82, 2.24) is 19.9 Å². The standard InChI is InChI=1S/C13H19N5/c1-9(2)13-17-10(3)8-12(18-13)14-5-4-11-15-6-7-16-11/h6-9H,4-5H2,1-3H3,(H,15,16)(H,14,17,18). The third-order valence-corrected chi connectivity index (χ3v) is 2.61. The maximum absolute atomic E-state index is 4.50. The Balaban J connectivity index is 1.96. The van der Waals surface area contributed by atoms with Crippen LogP contribution in [0.15, 0.2) is 18.5 Å². The van der Waals surface area contributed by atoms with Crippen molar-refractivity contribution < 1.29 is 0 Å². The number of H-pyrrole nitrogens is 1. The lowest BCUT2D eigenvalue weighted by atomic mass is 10.2. The fourth-order valence-electron chi connectivity index (χ4n) is 1.68. The van der Waals surface area contributed by atoms with E-state index < -0.39 is 0 Å². The number of nitrogens with one attached hydrogen (secondary N) is 2. The SMILES string of the molecule is Cc1cc(NCCc2ncc[nH]2)nc(C(C)C)n1. The Morgan fingerprint density at radius 1 is 1.33 bits per heavy atom. The summed E-state index contributed by atoms with van der Waals surface area (Å²) in [6, 6.07) is 1.97. The van der Waals surface area contributed by atoms with E-state index in [0.717, 1.165) is 36.1 Å². The number of hydrogen-bond donors (Lipinski definition) is 2. The second-order valence-corrected chi connectivity index (χ2v) is 4.62. The molecule has 2 rings (SSSR count). The topological polar surface area (TPSA) is 66.5 Å². The molecular weight excluding hydrogens is 226 g/mol. The number of aromatic amines is 1. The van der Waals surface area contributed by atoms with E-state index in [2.05, 4.69) is 39.1 Å². The van der Waals surface area contributed by atoms with Crippen LogP contribution in [0.4, 0.5) is 5.82 Å². The van der Waals surface area contributed by atoms with Crippen molar-refractivity contribution in [3.63, 3.8) is 0 Å². The van der Waals surface area contributed by atoms with E-state index >= 15 is 0 Å². The van der Waals surface area contributed by atoms with Gasteiger partial charge in [0.25, 0.3) is 0 Å². The van der Waals surface area contributed by atoms with Gasteiger partial charge in [0.05, 0.1) is 0 Å². The van der Waals surface area contributed by atoms with Crippen LogP contribution in [0.25, 0.3) is 0 Å². The van der Waals surface area contributed by atoms with Crippen molar-refractivity contribution in [3.05, 3.63) is 35.8 Å². The lowest BCUT2D eigenvalue weighted by Gasteiger charge is -2.09. The zero-order valence-electron chi connectivity index (χ0n) is 11.1. The van der Waals surface area contributed by atoms with Gasteiger partial charge in [-0.05, 0) is 6.92 Å². The molecule has 2 aromatic rings. The summed E-state index contributed by atoms with van der Waals surface area (Å²) in [5.41, 5.74) is 0.995. The Labute approximate surface area is 107 Å². The number of hydrogen-bond acceptors (Lipinski definition) is 4. The summed E-state index contributed by atoms with van der Waals surface area (Å²) in [5.74, 6) is 3.10. The molecule has 0 unspecified atom stereocenters. The van der Waals surface area contributed by atoms with Crippen molar-refractivity contribution in [3.8, 4) is 0 Å². The highest BCUT2D eigenvalue weighted by Gasteiger charge is 2.05. The third-order valence-electron chi connectivity index (χ3n) is 2.61. The van der Waals surface area contributed by atoms with Crippen LogP contribution >= 0.6 is 0 Å². The highest BCUT2D eigenvalue weighted by molar-refractivity contribution is 5.36. The van der Waals surface area contributed by atoms with E-state index in [1.54, 1.807) is 6.20 Å². The van der Waals surface area contributed by atoms with Gasteiger partial charge in [0.1, 0.15) is 17.5 Å². The Kier molecular flexibility index (Phi) is 3.92. The van der Waals surface area contributed by atoms with Crippen molar-refractivity contribution in [2.45, 2.75) is 33.1 Å². The zero-order chi connectivity index (χ0) is 13.0. The van der Waals surface area contributed by atoms with Gasteiger partial charge >= 0.3 is 0 Å². The fraction of sp³-hybridized carbons (Fsp3) is 0.462. The third kappa shape index (κ3) is 3.29. The molecule has 2 aromatic heterocycles. The predicted molar refractivity (Wildman–Crippen MR) is 71.6 cm³/mol. The molecule has 0 saturated carbocycles. The minimum Gasteiger partial charge on any atom is -0.370 e. The molecule has 0 aliphatic rings. The molecule has 0 aromatic carbocycles. The highest BCUT2D eigenvalue weighted by atomic mass is 15.0. The first kappa shape index (κ1) is 12.5. The Hall–Kier alpha value is -1.91. The van der Waals surface area contributed by atoms with Crippen molar-refractivity contribution >= 4 is 5.82 Å². The molecular formula is C13H19N5. The van der Waals surface area contributed by atoms with Crippen LogP contribution in [0.2, 0.25) is 0 Å². The molecule has 96 valence electrons. The molecule has 18 heavy (non-hydrogen) atoms. The maximum atomic E-state index is 4.50. The quantitative estimate of drug-likeness (QED) is 0.848. The molecule has 0 saturated heterocycles. The largest absolute Gasteiger partial charge is 0.370 e. The highest BCUT2D eigenvalue weighted by Crippen LogP contribution is 2.13. The van der Waals surface area contributed by atoms with Gasteiger partial charge in [-0.25, -0.2) is 15.0 Å². The number of aryl methyl sites for hydroxylation is 1. The summed E-state index contributed by atoms with van der Waals surface area (Å²) >= 11 is 0. The molecule has 5 nitrogen and oxygen atoms in total. The summed E-state index contributed by atoms with van der Waals surface area (Å²) in [5, 5.41) is 3.31. The van der Waals surface area contributed by atoms with Gasteiger partial charge in [-0.15, -0.1) is 0 Å². The van der Waals surface area contributed by atoms with Gasteiger partial charge in [0, 0.05) is 43.0 Å². The Morgan fingerprint density at radius 3 is 2.83 bits per heavy atom. The number of aromatic nitrogens is 4. The van der Waals surface area contributed by atoms with Crippen LogP contribution in [0.1, 0.15) is 37.1 Å². The van der Waals surface area contributed by atoms with Crippen LogP contribution in [-0.4, -0.2) is 26.5 Å². The molecule has 0 aliphatic heterocycles. The molecule has 5 heteroatoms. The molecule has 0 radical (unpaired) electrons. The second kappa shape index (κ2) is 5.62. The molecule has 0 bridgehead atoms. The summed E-state index contributed by atoms with van der Waals surface area (Å²) in [6.07, 6.45) is 4.45. The van der Waals surface area contributed by atoms with E-state index in [1.807, 2.05) is 19.2 Å². The van der Waals surface area contributed by atoms with Gasteiger partial charge in [0.2, 0.25) is 0 Å². The summed E-state index contributed by atoms with van der Waals surface area (Å²) in [6.45, 7) is 7.00. The molecule has 0 spiro atoms. The van der Waals surface area contributed by atoms with Crippen LogP contribution in [0.5, 0.6) is 0 Å². The van der Waals surface area contributed by atoms with Crippen LogP contribution < -0.4 is 5.32 Å². The van der Waals surface area contributed by atoms with Gasteiger partial charge in [-0.1, -0.05) is 13.8 Å². The van der Waals surface area contributed by atoms with E-state index in [9.17, 15) is 0 Å². The first-order chi connectivity index (χ1) is 8.65. The van der Waals surface area contributed by atoms with Crippen LogP contribution in [0, 0.1) is 6.92 Å². The van der Waals surface area contributed by atoms with Crippen molar-refractivity contribution in [1.29, 1.82) is 0 Å². The fourth-order valence-corrected chi connectivity index (χ4v) is 1.68. The molecule has 0 aliphatic carbocycles. The predicted octanol–water partition coefficient (Wildman–Crippen LogP) is 2.29. The first-order valence-electron chi connectivity index (χ1n) is 6.23. The average molecular weight is 245 g/mol. The number of nitrogens with zero attached hydrogens (tertiary/aromatic N) is 3. The van der Waals surface area contributed by atoms with Gasteiger partial charge in [0.15, 0.2) is 0 Å². The average Bonchev–Trinajstić information content (AvgIpc) is 2.81. The van der Waals surface area contributed by atoms with E-state index in [0.29, 0.717) is 5.92 Å². The maximum Gasteiger partial charge on any atom is 0.133 e. The summed E-state index contributed by atoms with van der Waals surface area (Å²) in [4.78, 5) is 16.2. The van der Waals surface area contributed by atoms with Gasteiger partial charge in [-0.2, -0.15) is 0 Å². The molecule has 2 heterocycles. The molecule has 0 fully saturated rings. The van der Waals surface area contributed by atoms with E-state index in [-0.39, 0.29) is 0 Å². The Morgan fingerprint density at radius 2 is 2.17 bits per heavy atom. The molecule has 0 atom stereocenters. The first-order valence-corrected chi connectivity index (χ1v) is 6.23. The Bertz CT molecular complexity index is 490. The minimum atomic E-state index is 0.343. The molecule has 0 amide bonds. The normalized spacial score (nSPS) is 10.9. The van der Waals surface area contributed by atoms with Crippen LogP contribution in [-0.2, 0) is 6.42 Å². The number of anilines is 1. The summed E-state index contributed by atoms with van der Waals surface area (Å²) < 4.78 is 0.